The van der Waals surface area contributed by atoms with E-state index in [2.05, 4.69) is 44.2 Å². The third-order valence-electron chi connectivity index (χ3n) is 4.04. The van der Waals surface area contributed by atoms with Crippen molar-refractivity contribution in [1.29, 1.82) is 0 Å². The average Bonchev–Trinajstić information content (AvgIpc) is 3.32. The van der Waals surface area contributed by atoms with Gasteiger partial charge in [-0.15, -0.1) is 0 Å². The zero-order chi connectivity index (χ0) is 15.9. The fourth-order valence-electron chi connectivity index (χ4n) is 2.94. The first-order valence-electron chi connectivity index (χ1n) is 7.85. The number of aromatic nitrogens is 4. The number of hydrogen-bond donors (Lipinski definition) is 2. The van der Waals surface area contributed by atoms with Crippen LogP contribution in [-0.4, -0.2) is 30.9 Å². The van der Waals surface area contributed by atoms with Crippen molar-refractivity contribution in [3.63, 3.8) is 0 Å². The summed E-state index contributed by atoms with van der Waals surface area (Å²) in [7, 11) is 0. The number of hydrogen-bond acceptors (Lipinski definition) is 2. The molecule has 4 nitrogen and oxygen atoms in total. The van der Waals surface area contributed by atoms with Gasteiger partial charge >= 0.3 is 0 Å². The normalized spacial score (nSPS) is 12.2. The number of nitrogens with zero attached hydrogens (tertiary/aromatic N) is 2. The Morgan fingerprint density at radius 3 is 1.04 bits per heavy atom. The van der Waals surface area contributed by atoms with Crippen LogP contribution in [0.2, 0.25) is 0 Å². The Morgan fingerprint density at radius 1 is 0.480 bits per heavy atom. The molecule has 0 aliphatic carbocycles. The Labute approximate surface area is 149 Å². The Balaban J connectivity index is 0.00000157. The predicted molar refractivity (Wildman–Crippen MR) is 110 cm³/mol. The van der Waals surface area contributed by atoms with Crippen LogP contribution in [0.3, 0.4) is 0 Å². The lowest BCUT2D eigenvalue weighted by molar-refractivity contribution is 1.31. The van der Waals surface area contributed by atoms with Crippen LogP contribution in [0.1, 0.15) is 22.8 Å². The van der Waals surface area contributed by atoms with Crippen molar-refractivity contribution in [2.75, 3.05) is 0 Å². The van der Waals surface area contributed by atoms with E-state index in [0.29, 0.717) is 0 Å². The fourth-order valence-corrected chi connectivity index (χ4v) is 2.94. The first-order valence-corrected chi connectivity index (χ1v) is 7.85. The highest BCUT2D eigenvalue weighted by atomic mass is 28.1. The van der Waals surface area contributed by atoms with Crippen LogP contribution in [0.25, 0.3) is 46.4 Å². The summed E-state index contributed by atoms with van der Waals surface area (Å²) < 4.78 is 0. The Bertz CT molecular complexity index is 990. The Hall–Kier alpha value is -3.18. The second-order valence-electron chi connectivity index (χ2n) is 5.91. The first-order chi connectivity index (χ1) is 11.8. The third-order valence-corrected chi connectivity index (χ3v) is 4.04. The minimum atomic E-state index is 0. The maximum atomic E-state index is 4.63. The highest BCUT2D eigenvalue weighted by molar-refractivity contribution is 5.77. The predicted octanol–water partition coefficient (Wildman–Crippen LogP) is 3.20. The number of rotatable bonds is 0. The van der Waals surface area contributed by atoms with Crippen LogP contribution >= 0.6 is 0 Å². The number of fused-ring (bicyclic) bond motifs is 8. The van der Waals surface area contributed by atoms with E-state index in [4.69, 9.17) is 0 Å². The molecule has 2 N–H and O–H groups in total. The lowest BCUT2D eigenvalue weighted by Gasteiger charge is -1.85. The fraction of sp³-hybridized carbons (Fsp3) is 0. The van der Waals surface area contributed by atoms with E-state index in [1.54, 1.807) is 0 Å². The van der Waals surface area contributed by atoms with E-state index >= 15 is 0 Å². The van der Waals surface area contributed by atoms with Crippen LogP contribution in [-0.2, 0) is 0 Å². The molecule has 0 saturated heterocycles. The summed E-state index contributed by atoms with van der Waals surface area (Å²) in [5, 5.41) is 0. The summed E-state index contributed by atoms with van der Waals surface area (Å²) in [6.07, 6.45) is 8.09. The molecule has 8 bridgehead atoms. The van der Waals surface area contributed by atoms with Gasteiger partial charge in [0.25, 0.3) is 0 Å². The molecule has 2 aliphatic rings. The van der Waals surface area contributed by atoms with E-state index < -0.39 is 0 Å². The molecule has 0 saturated carbocycles. The van der Waals surface area contributed by atoms with Crippen molar-refractivity contribution in [2.24, 2.45) is 0 Å². The molecule has 0 unspecified atom stereocenters. The van der Waals surface area contributed by atoms with Crippen LogP contribution in [0, 0.1) is 0 Å². The molecule has 3 aromatic heterocycles. The zero-order valence-electron chi connectivity index (χ0n) is 12.8. The minimum absolute atomic E-state index is 0. The topological polar surface area (TPSA) is 57.4 Å². The van der Waals surface area contributed by atoms with Gasteiger partial charge in [-0.25, -0.2) is 9.97 Å². The molecule has 5 heterocycles. The highest BCUT2D eigenvalue weighted by Crippen LogP contribution is 2.16. The van der Waals surface area contributed by atoms with E-state index in [1.165, 1.54) is 0 Å². The molecule has 0 fully saturated rings. The van der Waals surface area contributed by atoms with Crippen LogP contribution in [0.5, 0.6) is 0 Å². The molecule has 5 heteroatoms. The molecule has 0 aromatic carbocycles. The summed E-state index contributed by atoms with van der Waals surface area (Å²) in [4.78, 5) is 16.0. The summed E-state index contributed by atoms with van der Waals surface area (Å²) in [5.41, 5.74) is 7.86. The Kier molecular flexibility index (Phi) is 3.70. The molecular formula is C20H18N4Si. The maximum absolute atomic E-state index is 4.63. The second kappa shape index (κ2) is 6.03. The lowest BCUT2D eigenvalue weighted by atomic mass is 10.3. The summed E-state index contributed by atoms with van der Waals surface area (Å²) in [6.45, 7) is 0. The number of H-pyrrole nitrogens is 2. The van der Waals surface area contributed by atoms with E-state index in [0.717, 1.165) is 44.8 Å². The van der Waals surface area contributed by atoms with Gasteiger partial charge in [-0.3, -0.25) is 0 Å². The quantitative estimate of drug-likeness (QED) is 0.425. The molecule has 0 radical (unpaired) electrons. The second-order valence-corrected chi connectivity index (χ2v) is 5.91. The molecule has 25 heavy (non-hydrogen) atoms. The van der Waals surface area contributed by atoms with Crippen molar-refractivity contribution in [3.8, 4) is 0 Å². The van der Waals surface area contributed by atoms with Crippen molar-refractivity contribution < 1.29 is 0 Å². The van der Waals surface area contributed by atoms with Gasteiger partial charge in [0.1, 0.15) is 0 Å². The van der Waals surface area contributed by atoms with Gasteiger partial charge in [0.15, 0.2) is 0 Å². The van der Waals surface area contributed by atoms with Gasteiger partial charge in [0.05, 0.1) is 22.8 Å². The van der Waals surface area contributed by atoms with Crippen molar-refractivity contribution in [2.45, 2.75) is 0 Å². The van der Waals surface area contributed by atoms with Gasteiger partial charge in [0, 0.05) is 22.1 Å². The molecule has 2 aliphatic heterocycles. The van der Waals surface area contributed by atoms with Crippen LogP contribution in [0.15, 0.2) is 48.5 Å². The Morgan fingerprint density at radius 2 is 0.760 bits per heavy atom. The average molecular weight is 342 g/mol. The van der Waals surface area contributed by atoms with E-state index in [1.807, 2.05) is 48.6 Å². The van der Waals surface area contributed by atoms with Gasteiger partial charge < -0.3 is 9.97 Å². The smallest absolute Gasteiger partial charge is 0.0658 e. The largest absolute Gasteiger partial charge is 0.355 e. The van der Waals surface area contributed by atoms with Crippen molar-refractivity contribution >= 4 is 57.3 Å². The van der Waals surface area contributed by atoms with Gasteiger partial charge in [0.2, 0.25) is 0 Å². The van der Waals surface area contributed by atoms with E-state index in [-0.39, 0.29) is 11.0 Å². The molecule has 122 valence electrons. The van der Waals surface area contributed by atoms with Crippen molar-refractivity contribution in [1.82, 2.24) is 19.9 Å². The molecule has 0 spiro atoms. The van der Waals surface area contributed by atoms with Crippen LogP contribution < -0.4 is 0 Å². The highest BCUT2D eigenvalue weighted by Gasteiger charge is 2.00. The molecule has 0 amide bonds. The molecule has 5 rings (SSSR count). The monoisotopic (exact) mass is 342 g/mol. The van der Waals surface area contributed by atoms with Gasteiger partial charge in [-0.05, 0) is 83.8 Å². The third kappa shape index (κ3) is 3.09. The SMILES string of the molecule is C1=Cc2cc3ccc(cc4nc(cc5ccc(cc1n2)[nH]5)C=C4)[nH]3.[SiH4]. The van der Waals surface area contributed by atoms with Crippen LogP contribution in [0.4, 0.5) is 0 Å². The summed E-state index contributed by atoms with van der Waals surface area (Å²) in [6, 6.07) is 16.4. The first kappa shape index (κ1) is 15.4. The zero-order valence-corrected chi connectivity index (χ0v) is 12.8. The molecule has 3 aromatic rings. The minimum Gasteiger partial charge on any atom is -0.355 e. The van der Waals surface area contributed by atoms with Gasteiger partial charge in [-0.2, -0.15) is 0 Å². The number of aromatic amines is 2. The van der Waals surface area contributed by atoms with Crippen molar-refractivity contribution in [3.05, 3.63) is 71.3 Å². The molecule has 0 atom stereocenters. The summed E-state index contributed by atoms with van der Waals surface area (Å²) in [5.74, 6) is 0. The van der Waals surface area contributed by atoms with E-state index in [9.17, 15) is 0 Å². The number of nitrogens with one attached hydrogen (secondary N) is 2. The lowest BCUT2D eigenvalue weighted by Crippen LogP contribution is -1.75. The maximum Gasteiger partial charge on any atom is 0.0658 e. The standard InChI is InChI=1S/C20H14N4.H4Si/c1-2-14-10-16-5-6-18(23-16)12-20-8-7-19(24-20)11-17-4-3-15(22-17)9-13(1)21-14;/h1-12,21,24H;1H4. The summed E-state index contributed by atoms with van der Waals surface area (Å²) >= 11 is 0. The van der Waals surface area contributed by atoms with Gasteiger partial charge in [-0.1, -0.05) is 0 Å². The molecular weight excluding hydrogens is 324 g/mol.